The van der Waals surface area contributed by atoms with Gasteiger partial charge in [-0.05, 0) is 41.0 Å². The monoisotopic (exact) mass is 367 g/mol. The van der Waals surface area contributed by atoms with Gasteiger partial charge in [0.15, 0.2) is 0 Å². The lowest BCUT2D eigenvalue weighted by molar-refractivity contribution is 0.423. The van der Waals surface area contributed by atoms with Gasteiger partial charge in [0.05, 0.1) is 10.9 Å². The van der Waals surface area contributed by atoms with Gasteiger partial charge < -0.3 is 0 Å². The molecule has 24 heavy (non-hydrogen) atoms. The highest BCUT2D eigenvalue weighted by Crippen LogP contribution is 2.32. The Balaban J connectivity index is 1.73. The molecule has 7 nitrogen and oxygen atoms in total. The van der Waals surface area contributed by atoms with Crippen LogP contribution in [0.2, 0.25) is 0 Å². The summed E-state index contributed by atoms with van der Waals surface area (Å²) in [5.41, 5.74) is 0.934. The number of sulfonamides is 1. The molecule has 0 aliphatic heterocycles. The lowest BCUT2D eigenvalue weighted by atomic mass is 10.2. The Labute approximate surface area is 146 Å². The first-order chi connectivity index (χ1) is 11.5. The van der Waals surface area contributed by atoms with E-state index in [4.69, 9.17) is 0 Å². The van der Waals surface area contributed by atoms with Gasteiger partial charge in [0.25, 0.3) is 0 Å². The van der Waals surface area contributed by atoms with Gasteiger partial charge in [-0.1, -0.05) is 36.7 Å². The molecule has 1 aromatic carbocycles. The lowest BCUT2D eigenvalue weighted by Crippen LogP contribution is -2.22. The lowest BCUT2D eigenvalue weighted by Gasteiger charge is -2.13. The van der Waals surface area contributed by atoms with E-state index in [1.54, 1.807) is 18.2 Å². The number of hydrogen-bond donors (Lipinski definition) is 0. The molecule has 1 aromatic heterocycles. The van der Waals surface area contributed by atoms with Crippen LogP contribution in [-0.2, 0) is 15.8 Å². The Bertz CT molecular complexity index is 798. The number of thioether (sulfide) groups is 1. The normalized spacial score (nSPS) is 16.1. The number of benzene rings is 1. The third kappa shape index (κ3) is 3.62. The summed E-state index contributed by atoms with van der Waals surface area (Å²) in [4.78, 5) is 0.306. The average Bonchev–Trinajstić information content (AvgIpc) is 3.24. The summed E-state index contributed by atoms with van der Waals surface area (Å²) in [6.07, 6.45) is 4.68. The Hall–Kier alpha value is -1.45. The molecule has 0 atom stereocenters. The quantitative estimate of drug-likeness (QED) is 0.729. The minimum Gasteiger partial charge on any atom is -0.217 e. The van der Waals surface area contributed by atoms with Crippen LogP contribution in [0.15, 0.2) is 34.3 Å². The van der Waals surface area contributed by atoms with Crippen molar-refractivity contribution in [3.63, 3.8) is 0 Å². The summed E-state index contributed by atoms with van der Waals surface area (Å²) < 4.78 is 27.6. The molecule has 1 aliphatic rings. The minimum atomic E-state index is -3.41. The zero-order valence-corrected chi connectivity index (χ0v) is 15.4. The van der Waals surface area contributed by atoms with Crippen LogP contribution >= 0.6 is 11.8 Å². The fourth-order valence-corrected chi connectivity index (χ4v) is 4.67. The predicted molar refractivity (Wildman–Crippen MR) is 92.2 cm³/mol. The topological polar surface area (TPSA) is 81.0 Å². The van der Waals surface area contributed by atoms with Crippen molar-refractivity contribution in [2.45, 2.75) is 47.5 Å². The molecule has 0 amide bonds. The van der Waals surface area contributed by atoms with Gasteiger partial charge in [0.1, 0.15) is 0 Å². The van der Waals surface area contributed by atoms with Crippen molar-refractivity contribution in [1.29, 1.82) is 0 Å². The van der Waals surface area contributed by atoms with E-state index >= 15 is 0 Å². The maximum atomic E-state index is 12.2. The molecule has 1 saturated carbocycles. The first kappa shape index (κ1) is 17.4. The molecule has 130 valence electrons. The largest absolute Gasteiger partial charge is 0.242 e. The highest BCUT2D eigenvalue weighted by atomic mass is 32.2. The third-order valence-corrected chi connectivity index (χ3v) is 6.99. The van der Waals surface area contributed by atoms with Crippen LogP contribution in [0.5, 0.6) is 0 Å². The maximum absolute atomic E-state index is 12.2. The number of rotatable bonds is 6. The van der Waals surface area contributed by atoms with Gasteiger partial charge >= 0.3 is 0 Å². The minimum absolute atomic E-state index is 0.306. The predicted octanol–water partition coefficient (Wildman–Crippen LogP) is 2.33. The molecule has 0 bridgehead atoms. The van der Waals surface area contributed by atoms with Crippen molar-refractivity contribution < 1.29 is 8.42 Å². The van der Waals surface area contributed by atoms with Crippen LogP contribution in [0.1, 0.15) is 37.3 Å². The summed E-state index contributed by atoms with van der Waals surface area (Å²) in [5.74, 6) is 0.629. The van der Waals surface area contributed by atoms with E-state index in [2.05, 4.69) is 15.5 Å². The van der Waals surface area contributed by atoms with Crippen LogP contribution in [-0.4, -0.2) is 47.0 Å². The van der Waals surface area contributed by atoms with Crippen molar-refractivity contribution in [2.75, 3.05) is 14.1 Å². The van der Waals surface area contributed by atoms with E-state index in [9.17, 15) is 8.42 Å². The molecule has 9 heteroatoms. The van der Waals surface area contributed by atoms with Gasteiger partial charge in [-0.25, -0.2) is 17.4 Å². The second-order valence-corrected chi connectivity index (χ2v) is 9.16. The van der Waals surface area contributed by atoms with Gasteiger partial charge in [-0.3, -0.25) is 0 Å². The van der Waals surface area contributed by atoms with Crippen molar-refractivity contribution in [1.82, 2.24) is 24.5 Å². The van der Waals surface area contributed by atoms with Crippen LogP contribution in [0.3, 0.4) is 0 Å². The Morgan fingerprint density at radius 2 is 2.04 bits per heavy atom. The SMILES string of the molecule is CN(C)S(=O)(=O)c1cccc(CSc2nnnn2C2CCCC2)c1. The highest BCUT2D eigenvalue weighted by Gasteiger charge is 2.22. The van der Waals surface area contributed by atoms with Crippen molar-refractivity contribution in [2.24, 2.45) is 0 Å². The molecule has 0 N–H and O–H groups in total. The van der Waals surface area contributed by atoms with Gasteiger partial charge in [0, 0.05) is 19.8 Å². The molecule has 1 fully saturated rings. The summed E-state index contributed by atoms with van der Waals surface area (Å²) in [7, 11) is -0.346. The van der Waals surface area contributed by atoms with Crippen molar-refractivity contribution in [3.8, 4) is 0 Å². The van der Waals surface area contributed by atoms with Gasteiger partial charge in [0.2, 0.25) is 15.2 Å². The molecular weight excluding hydrogens is 346 g/mol. The summed E-state index contributed by atoms with van der Waals surface area (Å²) in [6, 6.07) is 7.42. The Morgan fingerprint density at radius 1 is 1.29 bits per heavy atom. The Morgan fingerprint density at radius 3 is 2.75 bits per heavy atom. The maximum Gasteiger partial charge on any atom is 0.242 e. The van der Waals surface area contributed by atoms with Gasteiger partial charge in [-0.15, -0.1) is 5.10 Å². The van der Waals surface area contributed by atoms with Crippen LogP contribution in [0.25, 0.3) is 0 Å². The number of nitrogens with zero attached hydrogens (tertiary/aromatic N) is 5. The Kier molecular flexibility index (Phi) is 5.21. The van der Waals surface area contributed by atoms with E-state index in [0.29, 0.717) is 16.7 Å². The molecule has 0 spiro atoms. The number of aromatic nitrogens is 4. The van der Waals surface area contributed by atoms with Crippen molar-refractivity contribution >= 4 is 21.8 Å². The number of tetrazole rings is 1. The van der Waals surface area contributed by atoms with E-state index in [1.165, 1.54) is 43.0 Å². The highest BCUT2D eigenvalue weighted by molar-refractivity contribution is 7.98. The first-order valence-electron chi connectivity index (χ1n) is 7.90. The van der Waals surface area contributed by atoms with E-state index in [1.807, 2.05) is 10.7 Å². The summed E-state index contributed by atoms with van der Waals surface area (Å²) in [5, 5.41) is 12.8. The van der Waals surface area contributed by atoms with Crippen molar-refractivity contribution in [3.05, 3.63) is 29.8 Å². The van der Waals surface area contributed by atoms with Crippen LogP contribution in [0.4, 0.5) is 0 Å². The second kappa shape index (κ2) is 7.20. The fraction of sp³-hybridized carbons (Fsp3) is 0.533. The van der Waals surface area contributed by atoms with E-state index in [-0.39, 0.29) is 0 Å². The van der Waals surface area contributed by atoms with Crippen LogP contribution in [0, 0.1) is 0 Å². The smallest absolute Gasteiger partial charge is 0.217 e. The first-order valence-corrected chi connectivity index (χ1v) is 10.3. The van der Waals surface area contributed by atoms with E-state index < -0.39 is 10.0 Å². The molecule has 0 saturated heterocycles. The standard InChI is InChI=1S/C15H21N5O2S2/c1-19(2)24(21,22)14-9-5-6-12(10-14)11-23-15-16-17-18-20(15)13-7-3-4-8-13/h5-6,9-10,13H,3-4,7-8,11H2,1-2H3. The molecule has 1 heterocycles. The zero-order chi connectivity index (χ0) is 17.2. The molecule has 2 aromatic rings. The second-order valence-electron chi connectivity index (χ2n) is 6.07. The van der Waals surface area contributed by atoms with Crippen LogP contribution < -0.4 is 0 Å². The molecular formula is C15H21N5O2S2. The fourth-order valence-electron chi connectivity index (χ4n) is 2.81. The van der Waals surface area contributed by atoms with E-state index in [0.717, 1.165) is 23.6 Å². The summed E-state index contributed by atoms with van der Waals surface area (Å²) in [6.45, 7) is 0. The summed E-state index contributed by atoms with van der Waals surface area (Å²) >= 11 is 1.54. The van der Waals surface area contributed by atoms with Gasteiger partial charge in [-0.2, -0.15) is 0 Å². The average molecular weight is 368 g/mol. The molecule has 0 radical (unpaired) electrons. The molecule has 3 rings (SSSR count). The molecule has 0 unspecified atom stereocenters. The third-order valence-electron chi connectivity index (χ3n) is 4.18. The molecule has 1 aliphatic carbocycles. The number of hydrogen-bond acceptors (Lipinski definition) is 6. The zero-order valence-electron chi connectivity index (χ0n) is 13.8.